The molecule has 0 saturated carbocycles. The van der Waals surface area contributed by atoms with Gasteiger partial charge in [0, 0.05) is 11.1 Å². The highest BCUT2D eigenvalue weighted by molar-refractivity contribution is 7.86. The number of aromatic nitrogens is 4. The van der Waals surface area contributed by atoms with E-state index < -0.39 is 53.1 Å². The molecule has 0 unspecified atom stereocenters. The maximum absolute atomic E-state index is 11.4. The van der Waals surface area contributed by atoms with E-state index in [1.54, 1.807) is 0 Å². The molecular weight excluding hydrogens is 472 g/mol. The maximum atomic E-state index is 11.4. The van der Waals surface area contributed by atoms with Gasteiger partial charge in [0.15, 0.2) is 0 Å². The van der Waals surface area contributed by atoms with Crippen molar-refractivity contribution in [2.45, 2.75) is 9.79 Å². The van der Waals surface area contributed by atoms with Crippen molar-refractivity contribution in [3.05, 3.63) is 47.5 Å². The van der Waals surface area contributed by atoms with Crippen LogP contribution in [0.15, 0.2) is 46.2 Å². The quantitative estimate of drug-likeness (QED) is 0.350. The summed E-state index contributed by atoms with van der Waals surface area (Å²) in [6, 6.07) is 5.17. The van der Waals surface area contributed by atoms with Crippen molar-refractivity contribution in [2.75, 3.05) is 0 Å². The third kappa shape index (κ3) is 4.89. The average Bonchev–Trinajstić information content (AvgIpc) is 2.72. The minimum atomic E-state index is -4.77. The van der Waals surface area contributed by atoms with Crippen LogP contribution in [-0.2, 0) is 20.2 Å². The van der Waals surface area contributed by atoms with Gasteiger partial charge in [0.1, 0.15) is 0 Å². The number of rotatable bonds is 6. The van der Waals surface area contributed by atoms with Gasteiger partial charge in [-0.2, -0.15) is 16.8 Å². The van der Waals surface area contributed by atoms with Crippen LogP contribution in [0.2, 0.25) is 0 Å². The molecule has 16 heteroatoms. The summed E-state index contributed by atoms with van der Waals surface area (Å²) in [5, 5.41) is 32.9. The molecule has 2 aromatic carbocycles. The van der Waals surface area contributed by atoms with E-state index in [1.807, 2.05) is 0 Å². The number of benzene rings is 2. The Balaban J connectivity index is 2.12. The fraction of sp³-hybridized carbons (Fsp3) is 0. The number of hydrogen-bond acceptors (Lipinski definition) is 10. The summed E-state index contributed by atoms with van der Waals surface area (Å²) < 4.78 is 64.0. The molecule has 0 amide bonds. The highest BCUT2D eigenvalue weighted by atomic mass is 32.2. The van der Waals surface area contributed by atoms with Gasteiger partial charge in [-0.25, -0.2) is 9.59 Å². The summed E-state index contributed by atoms with van der Waals surface area (Å²) in [5.41, 5.74) is -1.37. The van der Waals surface area contributed by atoms with Crippen molar-refractivity contribution < 1.29 is 45.7 Å². The van der Waals surface area contributed by atoms with Crippen LogP contribution in [0.4, 0.5) is 0 Å². The van der Waals surface area contributed by atoms with Gasteiger partial charge in [-0.05, 0) is 36.4 Å². The summed E-state index contributed by atoms with van der Waals surface area (Å²) in [4.78, 5) is 21.0. The summed E-state index contributed by atoms with van der Waals surface area (Å²) in [5.74, 6) is -3.72. The molecule has 0 aliphatic heterocycles. The molecule has 166 valence electrons. The summed E-state index contributed by atoms with van der Waals surface area (Å²) in [6.45, 7) is 0. The van der Waals surface area contributed by atoms with E-state index in [9.17, 15) is 35.5 Å². The molecule has 0 bridgehead atoms. The van der Waals surface area contributed by atoms with Gasteiger partial charge in [0.25, 0.3) is 20.2 Å². The minimum absolute atomic E-state index is 0.179. The number of nitrogens with zero attached hydrogens (tertiary/aromatic N) is 4. The lowest BCUT2D eigenvalue weighted by molar-refractivity contribution is 0.0686. The Labute approximate surface area is 178 Å². The lowest BCUT2D eigenvalue weighted by Gasteiger charge is -2.06. The fourth-order valence-electron chi connectivity index (χ4n) is 2.46. The highest BCUT2D eigenvalue weighted by Crippen LogP contribution is 2.24. The third-order valence-corrected chi connectivity index (χ3v) is 5.56. The Morgan fingerprint density at radius 2 is 0.906 bits per heavy atom. The summed E-state index contributed by atoms with van der Waals surface area (Å²) in [7, 11) is -9.54. The van der Waals surface area contributed by atoms with E-state index in [1.165, 1.54) is 0 Å². The van der Waals surface area contributed by atoms with Crippen molar-refractivity contribution in [1.82, 2.24) is 20.4 Å². The molecule has 3 rings (SSSR count). The number of carboxylic acid groups (broad SMARTS) is 2. The van der Waals surface area contributed by atoms with Crippen LogP contribution in [0.25, 0.3) is 22.8 Å². The molecule has 0 aliphatic rings. The molecule has 3 aromatic rings. The zero-order valence-electron chi connectivity index (χ0n) is 15.3. The first-order valence-electron chi connectivity index (χ1n) is 8.05. The number of hydrogen-bond donors (Lipinski definition) is 4. The molecule has 0 aliphatic carbocycles. The topological polar surface area (TPSA) is 235 Å². The zero-order chi connectivity index (χ0) is 23.8. The number of carbonyl (C=O) groups is 2. The van der Waals surface area contributed by atoms with Gasteiger partial charge in [-0.15, -0.1) is 20.4 Å². The van der Waals surface area contributed by atoms with E-state index >= 15 is 0 Å². The first-order valence-corrected chi connectivity index (χ1v) is 10.9. The lowest BCUT2D eigenvalue weighted by atomic mass is 10.1. The maximum Gasteiger partial charge on any atom is 0.335 e. The van der Waals surface area contributed by atoms with E-state index in [2.05, 4.69) is 20.4 Å². The summed E-state index contributed by atoms with van der Waals surface area (Å²) in [6.07, 6.45) is 0. The minimum Gasteiger partial charge on any atom is -0.478 e. The van der Waals surface area contributed by atoms with Crippen LogP contribution in [-0.4, -0.2) is 68.5 Å². The highest BCUT2D eigenvalue weighted by Gasteiger charge is 2.20. The Bertz CT molecular complexity index is 1360. The van der Waals surface area contributed by atoms with Crippen LogP contribution in [0, 0.1) is 0 Å². The second-order valence-electron chi connectivity index (χ2n) is 6.10. The second-order valence-corrected chi connectivity index (χ2v) is 8.94. The Kier molecular flexibility index (Phi) is 5.71. The SMILES string of the molecule is O=C(O)c1cc(-c2nnc(-c3cc(C(=O)O)cc(S(=O)(=O)O)c3)nn2)cc(S(=O)(=O)O)c1. The lowest BCUT2D eigenvalue weighted by Crippen LogP contribution is -2.07. The van der Waals surface area contributed by atoms with E-state index in [0.29, 0.717) is 12.1 Å². The first-order chi connectivity index (χ1) is 14.8. The second kappa shape index (κ2) is 8.00. The predicted octanol–water partition coefficient (Wildman–Crippen LogP) is 0.490. The molecule has 0 radical (unpaired) electrons. The van der Waals surface area contributed by atoms with Crippen LogP contribution in [0.1, 0.15) is 20.7 Å². The van der Waals surface area contributed by atoms with Gasteiger partial charge in [-0.3, -0.25) is 9.11 Å². The standard InChI is InChI=1S/C16H10N4O10S2/c21-15(22)9-1-7(3-11(5-9)31(25,26)27)13-17-19-14(20-18-13)8-2-10(16(23)24)6-12(4-8)32(28,29)30/h1-6H,(H,21,22)(H,23,24)(H,25,26,27)(H,28,29,30). The van der Waals surface area contributed by atoms with Crippen LogP contribution in [0.3, 0.4) is 0 Å². The molecule has 1 aromatic heterocycles. The number of carboxylic acids is 2. The van der Waals surface area contributed by atoms with E-state index in [4.69, 9.17) is 10.2 Å². The molecule has 0 saturated heterocycles. The van der Waals surface area contributed by atoms with Crippen molar-refractivity contribution in [3.63, 3.8) is 0 Å². The predicted molar refractivity (Wildman–Crippen MR) is 102 cm³/mol. The van der Waals surface area contributed by atoms with Crippen molar-refractivity contribution in [1.29, 1.82) is 0 Å². The molecule has 1 heterocycles. The monoisotopic (exact) mass is 482 g/mol. The van der Waals surface area contributed by atoms with Crippen molar-refractivity contribution in [3.8, 4) is 22.8 Å². The van der Waals surface area contributed by atoms with Gasteiger partial charge >= 0.3 is 11.9 Å². The third-order valence-electron chi connectivity index (χ3n) is 3.90. The molecule has 0 atom stereocenters. The summed E-state index contributed by atoms with van der Waals surface area (Å²) >= 11 is 0. The molecule has 0 fully saturated rings. The van der Waals surface area contributed by atoms with Gasteiger partial charge in [0.2, 0.25) is 11.6 Å². The van der Waals surface area contributed by atoms with Crippen molar-refractivity contribution in [2.24, 2.45) is 0 Å². The van der Waals surface area contributed by atoms with Gasteiger partial charge in [-0.1, -0.05) is 0 Å². The largest absolute Gasteiger partial charge is 0.478 e. The van der Waals surface area contributed by atoms with Crippen LogP contribution >= 0.6 is 0 Å². The van der Waals surface area contributed by atoms with Crippen LogP contribution < -0.4 is 0 Å². The zero-order valence-corrected chi connectivity index (χ0v) is 16.9. The molecule has 0 spiro atoms. The average molecular weight is 482 g/mol. The molecular formula is C16H10N4O10S2. The van der Waals surface area contributed by atoms with Gasteiger partial charge < -0.3 is 10.2 Å². The molecule has 32 heavy (non-hydrogen) atoms. The van der Waals surface area contributed by atoms with Crippen molar-refractivity contribution >= 4 is 32.2 Å². The number of aromatic carboxylic acids is 2. The van der Waals surface area contributed by atoms with Gasteiger partial charge in [0.05, 0.1) is 20.9 Å². The Hall–Kier alpha value is -3.86. The van der Waals surface area contributed by atoms with Crippen LogP contribution in [0.5, 0.6) is 0 Å². The Morgan fingerprint density at radius 3 is 1.16 bits per heavy atom. The normalized spacial score (nSPS) is 11.8. The fourth-order valence-corrected chi connectivity index (χ4v) is 3.57. The van der Waals surface area contributed by atoms with E-state index in [-0.39, 0.29) is 22.8 Å². The first kappa shape index (κ1) is 22.8. The smallest absolute Gasteiger partial charge is 0.335 e. The van der Waals surface area contributed by atoms with E-state index in [0.717, 1.165) is 24.3 Å². The molecule has 4 N–H and O–H groups in total. The Morgan fingerprint density at radius 1 is 0.594 bits per heavy atom. The molecule has 14 nitrogen and oxygen atoms in total.